The molecule has 4 nitrogen and oxygen atoms in total. The summed E-state index contributed by atoms with van der Waals surface area (Å²) in [5.74, 6) is -0.522. The molecule has 3 unspecified atom stereocenters. The minimum atomic E-state index is -0.653. The highest BCUT2D eigenvalue weighted by Crippen LogP contribution is 2.44. The highest BCUT2D eigenvalue weighted by molar-refractivity contribution is 5.71. The van der Waals surface area contributed by atoms with Crippen LogP contribution in [-0.4, -0.2) is 36.9 Å². The van der Waals surface area contributed by atoms with Gasteiger partial charge in [0.25, 0.3) is 0 Å². The molecular formula is C14H27NO3. The molecule has 0 bridgehead atoms. The largest absolute Gasteiger partial charge is 0.481 e. The molecule has 0 aromatic heterocycles. The lowest BCUT2D eigenvalue weighted by Crippen LogP contribution is -2.51. The molecule has 0 saturated heterocycles. The summed E-state index contributed by atoms with van der Waals surface area (Å²) in [6.45, 7) is 10.6. The van der Waals surface area contributed by atoms with Crippen molar-refractivity contribution < 1.29 is 14.6 Å². The van der Waals surface area contributed by atoms with Crippen molar-refractivity contribution in [1.29, 1.82) is 0 Å². The summed E-state index contributed by atoms with van der Waals surface area (Å²) in [4.78, 5) is 11.3. The molecule has 0 spiro atoms. The second-order valence-electron chi connectivity index (χ2n) is 5.84. The fraction of sp³-hybridized carbons (Fsp3) is 0.929. The Kier molecular flexibility index (Phi) is 5.60. The lowest BCUT2D eigenvalue weighted by atomic mass is 9.61. The predicted molar refractivity (Wildman–Crippen MR) is 71.6 cm³/mol. The van der Waals surface area contributed by atoms with Gasteiger partial charge < -0.3 is 15.2 Å². The maximum Gasteiger partial charge on any atom is 0.307 e. The SMILES string of the molecule is CCOCCNC1CCC(C(=O)O)C(C)(C)C1C. The molecule has 1 rings (SSSR count). The number of aliphatic carboxylic acids is 1. The highest BCUT2D eigenvalue weighted by Gasteiger charge is 2.45. The first-order chi connectivity index (χ1) is 8.41. The number of carboxylic acid groups (broad SMARTS) is 1. The van der Waals surface area contributed by atoms with E-state index in [1.807, 2.05) is 6.92 Å². The topological polar surface area (TPSA) is 58.6 Å². The van der Waals surface area contributed by atoms with Crippen molar-refractivity contribution in [3.05, 3.63) is 0 Å². The molecule has 0 aromatic carbocycles. The fourth-order valence-corrected chi connectivity index (χ4v) is 2.99. The van der Waals surface area contributed by atoms with E-state index in [1.54, 1.807) is 0 Å². The Morgan fingerprint density at radius 2 is 2.11 bits per heavy atom. The predicted octanol–water partition coefficient (Wildman–Crippen LogP) is 2.14. The van der Waals surface area contributed by atoms with Crippen LogP contribution in [0.25, 0.3) is 0 Å². The molecule has 106 valence electrons. The minimum absolute atomic E-state index is 0.159. The van der Waals surface area contributed by atoms with Gasteiger partial charge in [0.2, 0.25) is 0 Å². The Bertz CT molecular complexity index is 278. The van der Waals surface area contributed by atoms with Crippen LogP contribution >= 0.6 is 0 Å². The molecule has 1 fully saturated rings. The van der Waals surface area contributed by atoms with Gasteiger partial charge in [-0.25, -0.2) is 0 Å². The van der Waals surface area contributed by atoms with Crippen molar-refractivity contribution in [2.75, 3.05) is 19.8 Å². The molecule has 3 atom stereocenters. The molecule has 4 heteroatoms. The zero-order chi connectivity index (χ0) is 13.8. The van der Waals surface area contributed by atoms with Crippen LogP contribution in [0.3, 0.4) is 0 Å². The quantitative estimate of drug-likeness (QED) is 0.716. The van der Waals surface area contributed by atoms with Gasteiger partial charge in [0.1, 0.15) is 0 Å². The van der Waals surface area contributed by atoms with Gasteiger partial charge in [0.15, 0.2) is 0 Å². The summed E-state index contributed by atoms with van der Waals surface area (Å²) in [5.41, 5.74) is -0.159. The first-order valence-electron chi connectivity index (χ1n) is 6.95. The average Bonchev–Trinajstić information content (AvgIpc) is 2.29. The third kappa shape index (κ3) is 3.45. The highest BCUT2D eigenvalue weighted by atomic mass is 16.5. The van der Waals surface area contributed by atoms with Crippen LogP contribution in [-0.2, 0) is 9.53 Å². The molecule has 18 heavy (non-hydrogen) atoms. The molecule has 1 aliphatic rings. The van der Waals surface area contributed by atoms with Gasteiger partial charge in [-0.05, 0) is 31.1 Å². The van der Waals surface area contributed by atoms with E-state index < -0.39 is 5.97 Å². The third-order valence-electron chi connectivity index (χ3n) is 4.60. The van der Waals surface area contributed by atoms with Crippen LogP contribution in [0.5, 0.6) is 0 Å². The smallest absolute Gasteiger partial charge is 0.307 e. The maximum atomic E-state index is 11.3. The van der Waals surface area contributed by atoms with E-state index in [4.69, 9.17) is 4.74 Å². The zero-order valence-electron chi connectivity index (χ0n) is 12.0. The van der Waals surface area contributed by atoms with Gasteiger partial charge in [-0.2, -0.15) is 0 Å². The van der Waals surface area contributed by atoms with Gasteiger partial charge >= 0.3 is 5.97 Å². The number of ether oxygens (including phenoxy) is 1. The second-order valence-corrected chi connectivity index (χ2v) is 5.84. The molecule has 1 aliphatic carbocycles. The van der Waals surface area contributed by atoms with E-state index in [-0.39, 0.29) is 11.3 Å². The number of hydrogen-bond donors (Lipinski definition) is 2. The Hall–Kier alpha value is -0.610. The number of carbonyl (C=O) groups is 1. The van der Waals surface area contributed by atoms with Gasteiger partial charge in [-0.15, -0.1) is 0 Å². The summed E-state index contributed by atoms with van der Waals surface area (Å²) in [5, 5.41) is 12.8. The Labute approximate surface area is 110 Å². The maximum absolute atomic E-state index is 11.3. The van der Waals surface area contributed by atoms with Crippen LogP contribution in [0.1, 0.15) is 40.5 Å². The van der Waals surface area contributed by atoms with Crippen molar-refractivity contribution in [1.82, 2.24) is 5.32 Å². The Morgan fingerprint density at radius 3 is 2.67 bits per heavy atom. The van der Waals surface area contributed by atoms with E-state index in [0.717, 1.165) is 32.6 Å². The van der Waals surface area contributed by atoms with E-state index in [0.29, 0.717) is 12.0 Å². The first kappa shape index (κ1) is 15.4. The van der Waals surface area contributed by atoms with Gasteiger partial charge in [0, 0.05) is 19.2 Å². The lowest BCUT2D eigenvalue weighted by Gasteiger charge is -2.46. The van der Waals surface area contributed by atoms with E-state index in [2.05, 4.69) is 26.1 Å². The number of nitrogens with one attached hydrogen (secondary N) is 1. The minimum Gasteiger partial charge on any atom is -0.481 e. The molecule has 2 N–H and O–H groups in total. The van der Waals surface area contributed by atoms with Crippen molar-refractivity contribution >= 4 is 5.97 Å². The average molecular weight is 257 g/mol. The van der Waals surface area contributed by atoms with Crippen LogP contribution in [0.2, 0.25) is 0 Å². The van der Waals surface area contributed by atoms with Gasteiger partial charge in [0.05, 0.1) is 12.5 Å². The molecule has 0 radical (unpaired) electrons. The summed E-state index contributed by atoms with van der Waals surface area (Å²) in [6, 6.07) is 0.399. The van der Waals surface area contributed by atoms with Crippen molar-refractivity contribution in [2.24, 2.45) is 17.3 Å². The van der Waals surface area contributed by atoms with Crippen LogP contribution in [0.4, 0.5) is 0 Å². The van der Waals surface area contributed by atoms with Crippen molar-refractivity contribution in [2.45, 2.75) is 46.6 Å². The number of carboxylic acids is 1. The second kappa shape index (κ2) is 6.53. The van der Waals surface area contributed by atoms with Crippen LogP contribution in [0, 0.1) is 17.3 Å². The summed E-state index contributed by atoms with van der Waals surface area (Å²) in [6.07, 6.45) is 1.70. The van der Waals surface area contributed by atoms with Crippen molar-refractivity contribution in [3.63, 3.8) is 0 Å². The standard InChI is InChI=1S/C14H27NO3/c1-5-18-9-8-15-12-7-6-11(13(16)17)14(3,4)10(12)2/h10-12,15H,5-9H2,1-4H3,(H,16,17). The summed E-state index contributed by atoms with van der Waals surface area (Å²) >= 11 is 0. The molecule has 0 amide bonds. The molecule has 0 heterocycles. The van der Waals surface area contributed by atoms with E-state index in [9.17, 15) is 9.90 Å². The lowest BCUT2D eigenvalue weighted by molar-refractivity contribution is -0.150. The summed E-state index contributed by atoms with van der Waals surface area (Å²) < 4.78 is 5.31. The first-order valence-corrected chi connectivity index (χ1v) is 6.95. The van der Waals surface area contributed by atoms with Crippen LogP contribution in [0.15, 0.2) is 0 Å². The number of hydrogen-bond acceptors (Lipinski definition) is 3. The Morgan fingerprint density at radius 1 is 1.44 bits per heavy atom. The van der Waals surface area contributed by atoms with Gasteiger partial charge in [-0.3, -0.25) is 4.79 Å². The molecular weight excluding hydrogens is 230 g/mol. The fourth-order valence-electron chi connectivity index (χ4n) is 2.99. The number of rotatable bonds is 6. The Balaban J connectivity index is 2.52. The third-order valence-corrected chi connectivity index (χ3v) is 4.60. The van der Waals surface area contributed by atoms with Crippen LogP contribution < -0.4 is 5.32 Å². The van der Waals surface area contributed by atoms with Crippen molar-refractivity contribution in [3.8, 4) is 0 Å². The normalized spacial score (nSPS) is 31.2. The monoisotopic (exact) mass is 257 g/mol. The molecule has 1 saturated carbocycles. The van der Waals surface area contributed by atoms with Gasteiger partial charge in [-0.1, -0.05) is 20.8 Å². The molecule has 0 aliphatic heterocycles. The summed E-state index contributed by atoms with van der Waals surface area (Å²) in [7, 11) is 0. The zero-order valence-corrected chi connectivity index (χ0v) is 12.0. The van der Waals surface area contributed by atoms with E-state index in [1.165, 1.54) is 0 Å². The van der Waals surface area contributed by atoms with E-state index >= 15 is 0 Å². The molecule has 0 aromatic rings.